The van der Waals surface area contributed by atoms with E-state index in [1.165, 1.54) is 11.8 Å². The van der Waals surface area contributed by atoms with Gasteiger partial charge in [0.05, 0.1) is 0 Å². The summed E-state index contributed by atoms with van der Waals surface area (Å²) in [6.07, 6.45) is 0. The van der Waals surface area contributed by atoms with Gasteiger partial charge in [0.1, 0.15) is 0 Å². The van der Waals surface area contributed by atoms with Crippen LogP contribution in [0.4, 0.5) is 5.95 Å². The minimum atomic E-state index is -0.216. The summed E-state index contributed by atoms with van der Waals surface area (Å²) in [7, 11) is 0. The normalized spacial score (nSPS) is 10.3. The number of hydrogen-bond acceptors (Lipinski definition) is 4. The maximum absolute atomic E-state index is 11.9. The number of amides is 1. The number of anilines is 1. The second-order valence-corrected chi connectivity index (χ2v) is 5.51. The molecule has 0 aliphatic rings. The molecule has 0 spiro atoms. The first-order valence-corrected chi connectivity index (χ1v) is 7.09. The summed E-state index contributed by atoms with van der Waals surface area (Å²) in [6, 6.07) is 7.09. The summed E-state index contributed by atoms with van der Waals surface area (Å²) in [4.78, 5) is 16.0. The number of nitrogens with one attached hydrogen (secondary N) is 2. The molecule has 0 atom stereocenters. The largest absolute Gasteiger partial charge is 0.291 e. The van der Waals surface area contributed by atoms with Crippen LogP contribution in [-0.2, 0) is 0 Å². The number of halogens is 1. The van der Waals surface area contributed by atoms with Crippen molar-refractivity contribution >= 4 is 39.5 Å². The molecule has 18 heavy (non-hydrogen) atoms. The van der Waals surface area contributed by atoms with Crippen molar-refractivity contribution in [2.75, 3.05) is 11.1 Å². The third kappa shape index (κ3) is 3.33. The molecule has 0 saturated carbocycles. The number of carbonyl (C=O) groups is 1. The molecule has 1 aromatic heterocycles. The molecule has 0 unspecified atom stereocenters. The van der Waals surface area contributed by atoms with E-state index in [0.29, 0.717) is 16.7 Å². The van der Waals surface area contributed by atoms with E-state index < -0.39 is 0 Å². The Labute approximate surface area is 117 Å². The van der Waals surface area contributed by atoms with Crippen molar-refractivity contribution in [1.82, 2.24) is 15.2 Å². The van der Waals surface area contributed by atoms with E-state index in [9.17, 15) is 4.79 Å². The lowest BCUT2D eigenvalue weighted by atomic mass is 10.2. The molecule has 94 valence electrons. The Morgan fingerprint density at radius 3 is 2.83 bits per heavy atom. The highest BCUT2D eigenvalue weighted by atomic mass is 79.9. The zero-order chi connectivity index (χ0) is 13.0. The smallest absolute Gasteiger partial charge is 0.258 e. The summed E-state index contributed by atoms with van der Waals surface area (Å²) in [5, 5.41) is 9.94. The predicted molar refractivity (Wildman–Crippen MR) is 74.9 cm³/mol. The summed E-state index contributed by atoms with van der Waals surface area (Å²) in [6.45, 7) is 2.01. The SMILES string of the molecule is CCSc1n[nH]c(NC(=O)c2ccc(Br)cc2)n1. The highest BCUT2D eigenvalue weighted by Crippen LogP contribution is 2.14. The van der Waals surface area contributed by atoms with Crippen LogP contribution in [0.15, 0.2) is 33.9 Å². The number of aromatic nitrogens is 3. The molecule has 1 amide bonds. The fourth-order valence-electron chi connectivity index (χ4n) is 1.28. The van der Waals surface area contributed by atoms with E-state index in [-0.39, 0.29) is 5.91 Å². The molecular formula is C11H11BrN4OS. The Morgan fingerprint density at radius 2 is 2.17 bits per heavy atom. The number of nitrogens with zero attached hydrogens (tertiary/aromatic N) is 2. The van der Waals surface area contributed by atoms with Gasteiger partial charge < -0.3 is 0 Å². The Hall–Kier alpha value is -1.34. The average Bonchev–Trinajstić information content (AvgIpc) is 2.78. The molecule has 1 heterocycles. The molecule has 0 radical (unpaired) electrons. The molecule has 0 aliphatic carbocycles. The van der Waals surface area contributed by atoms with Crippen molar-refractivity contribution in [2.24, 2.45) is 0 Å². The number of thioether (sulfide) groups is 1. The van der Waals surface area contributed by atoms with E-state index in [1.807, 2.05) is 19.1 Å². The Morgan fingerprint density at radius 1 is 1.44 bits per heavy atom. The van der Waals surface area contributed by atoms with Crippen LogP contribution in [0.3, 0.4) is 0 Å². The van der Waals surface area contributed by atoms with Crippen LogP contribution in [0, 0.1) is 0 Å². The molecule has 2 rings (SSSR count). The van der Waals surface area contributed by atoms with Crippen LogP contribution in [-0.4, -0.2) is 26.8 Å². The van der Waals surface area contributed by atoms with Crippen molar-refractivity contribution in [3.05, 3.63) is 34.3 Å². The first kappa shape index (κ1) is 13.1. The topological polar surface area (TPSA) is 70.7 Å². The van der Waals surface area contributed by atoms with Crippen LogP contribution in [0.1, 0.15) is 17.3 Å². The quantitative estimate of drug-likeness (QED) is 0.847. The zero-order valence-corrected chi connectivity index (χ0v) is 12.0. The number of hydrogen-bond donors (Lipinski definition) is 2. The van der Waals surface area contributed by atoms with Gasteiger partial charge in [-0.15, -0.1) is 5.10 Å². The Kier molecular flexibility index (Phi) is 4.38. The first-order valence-electron chi connectivity index (χ1n) is 5.31. The molecule has 0 bridgehead atoms. The molecule has 0 fully saturated rings. The number of H-pyrrole nitrogens is 1. The third-order valence-electron chi connectivity index (χ3n) is 2.08. The molecule has 0 aliphatic heterocycles. The van der Waals surface area contributed by atoms with Crippen molar-refractivity contribution < 1.29 is 4.79 Å². The van der Waals surface area contributed by atoms with Gasteiger partial charge in [0.25, 0.3) is 5.91 Å². The molecule has 1 aromatic carbocycles. The van der Waals surface area contributed by atoms with E-state index in [2.05, 4.69) is 36.4 Å². The van der Waals surface area contributed by atoms with Gasteiger partial charge in [0, 0.05) is 10.0 Å². The second-order valence-electron chi connectivity index (χ2n) is 3.36. The van der Waals surface area contributed by atoms with Crippen LogP contribution < -0.4 is 5.32 Å². The van der Waals surface area contributed by atoms with E-state index in [4.69, 9.17) is 0 Å². The lowest BCUT2D eigenvalue weighted by molar-refractivity contribution is 0.102. The standard InChI is InChI=1S/C11H11BrN4OS/c1-2-18-11-14-10(15-16-11)13-9(17)7-3-5-8(12)6-4-7/h3-6H,2H2,1H3,(H2,13,14,15,16,17). The fraction of sp³-hybridized carbons (Fsp3) is 0.182. The van der Waals surface area contributed by atoms with Gasteiger partial charge in [-0.25, -0.2) is 5.10 Å². The van der Waals surface area contributed by atoms with Crippen LogP contribution in [0.2, 0.25) is 0 Å². The van der Waals surface area contributed by atoms with Crippen LogP contribution >= 0.6 is 27.7 Å². The van der Waals surface area contributed by atoms with E-state index >= 15 is 0 Å². The van der Waals surface area contributed by atoms with Gasteiger partial charge >= 0.3 is 0 Å². The minimum absolute atomic E-state index is 0.216. The number of carbonyl (C=O) groups excluding carboxylic acids is 1. The average molecular weight is 327 g/mol. The van der Waals surface area contributed by atoms with Gasteiger partial charge in [0.15, 0.2) is 0 Å². The fourth-order valence-corrected chi connectivity index (χ4v) is 2.07. The van der Waals surface area contributed by atoms with Gasteiger partial charge in [-0.2, -0.15) is 4.98 Å². The highest BCUT2D eigenvalue weighted by molar-refractivity contribution is 9.10. The zero-order valence-electron chi connectivity index (χ0n) is 9.61. The van der Waals surface area contributed by atoms with E-state index in [0.717, 1.165) is 10.2 Å². The van der Waals surface area contributed by atoms with E-state index in [1.54, 1.807) is 12.1 Å². The van der Waals surface area contributed by atoms with Crippen molar-refractivity contribution in [1.29, 1.82) is 0 Å². The summed E-state index contributed by atoms with van der Waals surface area (Å²) >= 11 is 4.83. The molecule has 2 aromatic rings. The van der Waals surface area contributed by atoms with Crippen LogP contribution in [0.5, 0.6) is 0 Å². The molecular weight excluding hydrogens is 316 g/mol. The Balaban J connectivity index is 2.04. The monoisotopic (exact) mass is 326 g/mol. The molecule has 5 nitrogen and oxygen atoms in total. The summed E-state index contributed by atoms with van der Waals surface area (Å²) in [5.74, 6) is 1.03. The summed E-state index contributed by atoms with van der Waals surface area (Å²) in [5.41, 5.74) is 0.569. The number of rotatable bonds is 4. The lowest BCUT2D eigenvalue weighted by Crippen LogP contribution is -2.12. The maximum atomic E-state index is 11.9. The van der Waals surface area contributed by atoms with Crippen LogP contribution in [0.25, 0.3) is 0 Å². The van der Waals surface area contributed by atoms with Crippen molar-refractivity contribution in [2.45, 2.75) is 12.1 Å². The predicted octanol–water partition coefficient (Wildman–Crippen LogP) is 2.93. The summed E-state index contributed by atoms with van der Waals surface area (Å²) < 4.78 is 0.931. The van der Waals surface area contributed by atoms with Gasteiger partial charge in [-0.05, 0) is 30.0 Å². The number of benzene rings is 1. The third-order valence-corrected chi connectivity index (χ3v) is 3.33. The molecule has 2 N–H and O–H groups in total. The minimum Gasteiger partial charge on any atom is -0.291 e. The van der Waals surface area contributed by atoms with Gasteiger partial charge in [-0.1, -0.05) is 34.6 Å². The number of aromatic amines is 1. The second kappa shape index (κ2) is 6.01. The van der Waals surface area contributed by atoms with Gasteiger partial charge in [-0.3, -0.25) is 10.1 Å². The molecule has 7 heteroatoms. The van der Waals surface area contributed by atoms with Gasteiger partial charge in [0.2, 0.25) is 11.1 Å². The van der Waals surface area contributed by atoms with Crippen molar-refractivity contribution in [3.63, 3.8) is 0 Å². The van der Waals surface area contributed by atoms with Crippen molar-refractivity contribution in [3.8, 4) is 0 Å². The first-order chi connectivity index (χ1) is 8.69. The maximum Gasteiger partial charge on any atom is 0.258 e. The lowest BCUT2D eigenvalue weighted by Gasteiger charge is -2.01. The molecule has 0 saturated heterocycles. The Bertz CT molecular complexity index is 540. The highest BCUT2D eigenvalue weighted by Gasteiger charge is 2.09.